The number of halogens is 4. The van der Waals surface area contributed by atoms with E-state index in [1.54, 1.807) is 0 Å². The molecule has 0 aliphatic carbocycles. The van der Waals surface area contributed by atoms with E-state index in [2.05, 4.69) is 0 Å². The van der Waals surface area contributed by atoms with E-state index in [0.29, 0.717) is 33.8 Å². The summed E-state index contributed by atoms with van der Waals surface area (Å²) in [5.41, 5.74) is -0.851. The minimum atomic E-state index is -1.96. The lowest BCUT2D eigenvalue weighted by Gasteiger charge is -2.23. The average molecular weight is 419 g/mol. The molecule has 0 aliphatic heterocycles. The summed E-state index contributed by atoms with van der Waals surface area (Å²) in [5, 5.41) is 8.28. The summed E-state index contributed by atoms with van der Waals surface area (Å²) in [6.07, 6.45) is 0. The number of ether oxygens (including phenoxy) is 1. The fraction of sp³-hybridized carbons (Fsp3) is 0.222. The molecule has 0 heterocycles. The molecule has 27 heavy (non-hydrogen) atoms. The van der Waals surface area contributed by atoms with Gasteiger partial charge < -0.3 is 9.84 Å². The van der Waals surface area contributed by atoms with E-state index >= 15 is 0 Å². The molecule has 1 N–H and O–H groups in total. The molecule has 4 nitrogen and oxygen atoms in total. The first kappa shape index (κ1) is 21.1. The second-order valence-electron chi connectivity index (χ2n) is 5.32. The highest BCUT2D eigenvalue weighted by Crippen LogP contribution is 2.44. The highest BCUT2D eigenvalue weighted by Gasteiger charge is 2.41. The molecular formula is C18H14ClF3O4S. The number of hydrogen-bond donors (Lipinski definition) is 1. The van der Waals surface area contributed by atoms with Gasteiger partial charge in [0.1, 0.15) is 5.82 Å². The molecule has 144 valence electrons. The van der Waals surface area contributed by atoms with Gasteiger partial charge in [0.2, 0.25) is 0 Å². The lowest BCUT2D eigenvalue weighted by molar-refractivity contribution is -0.158. The third-order valence-corrected chi connectivity index (χ3v) is 5.11. The maximum atomic E-state index is 14.4. The Balaban J connectivity index is 2.60. The number of benzene rings is 2. The standard InChI is InChI=1S/C18H14ClF3O4S/c1-2-26-18(25)14(17(23)24)16(27-10-5-3-9(19)4-6-10)13-11(20)7-8-12(21)15(13)22/h3-8,14,16H,2H2,1H3,(H,23,24). The Labute approximate surface area is 162 Å². The van der Waals surface area contributed by atoms with Gasteiger partial charge in [0, 0.05) is 15.5 Å². The van der Waals surface area contributed by atoms with E-state index in [1.165, 1.54) is 31.2 Å². The normalized spacial score (nSPS) is 13.1. The van der Waals surface area contributed by atoms with Gasteiger partial charge in [-0.15, -0.1) is 11.8 Å². The molecule has 2 aromatic carbocycles. The van der Waals surface area contributed by atoms with Crippen molar-refractivity contribution in [2.45, 2.75) is 17.1 Å². The molecule has 0 saturated carbocycles. The van der Waals surface area contributed by atoms with Gasteiger partial charge in [-0.05, 0) is 43.3 Å². The molecule has 2 atom stereocenters. The van der Waals surface area contributed by atoms with Crippen LogP contribution < -0.4 is 0 Å². The molecule has 0 radical (unpaired) electrons. The molecule has 0 amide bonds. The second-order valence-corrected chi connectivity index (χ2v) is 6.97. The third kappa shape index (κ3) is 4.95. The van der Waals surface area contributed by atoms with Crippen molar-refractivity contribution in [3.63, 3.8) is 0 Å². The summed E-state index contributed by atoms with van der Waals surface area (Å²) in [6, 6.07) is 7.20. The van der Waals surface area contributed by atoms with Gasteiger partial charge in [0.25, 0.3) is 0 Å². The predicted octanol–water partition coefficient (Wildman–Crippen LogP) is 4.85. The first-order valence-electron chi connectivity index (χ1n) is 7.71. The fourth-order valence-electron chi connectivity index (χ4n) is 2.34. The highest BCUT2D eigenvalue weighted by molar-refractivity contribution is 7.99. The van der Waals surface area contributed by atoms with Crippen molar-refractivity contribution in [2.24, 2.45) is 5.92 Å². The maximum Gasteiger partial charge on any atom is 0.321 e. The lowest BCUT2D eigenvalue weighted by Crippen LogP contribution is -2.31. The zero-order chi connectivity index (χ0) is 20.1. The Hall–Kier alpha value is -2.19. The Morgan fingerprint density at radius 1 is 1.11 bits per heavy atom. The summed E-state index contributed by atoms with van der Waals surface area (Å²) >= 11 is 6.49. The van der Waals surface area contributed by atoms with Crippen LogP contribution in [0.15, 0.2) is 41.3 Å². The van der Waals surface area contributed by atoms with E-state index in [1.807, 2.05) is 0 Å². The van der Waals surface area contributed by atoms with Crippen LogP contribution in [0.2, 0.25) is 5.02 Å². The molecule has 2 unspecified atom stereocenters. The SMILES string of the molecule is CCOC(=O)C(C(=O)O)C(Sc1ccc(Cl)cc1)c1c(F)ccc(F)c1F. The van der Waals surface area contributed by atoms with E-state index in [4.69, 9.17) is 16.3 Å². The van der Waals surface area contributed by atoms with Gasteiger partial charge in [-0.3, -0.25) is 9.59 Å². The number of esters is 1. The maximum absolute atomic E-state index is 14.4. The van der Waals surface area contributed by atoms with Gasteiger partial charge in [-0.2, -0.15) is 0 Å². The molecular weight excluding hydrogens is 405 g/mol. The van der Waals surface area contributed by atoms with Gasteiger partial charge in [-0.25, -0.2) is 13.2 Å². The fourth-order valence-corrected chi connectivity index (χ4v) is 3.75. The van der Waals surface area contributed by atoms with Crippen molar-refractivity contribution in [3.8, 4) is 0 Å². The smallest absolute Gasteiger partial charge is 0.321 e. The van der Waals surface area contributed by atoms with E-state index in [0.717, 1.165) is 0 Å². The second kappa shape index (κ2) is 9.14. The van der Waals surface area contributed by atoms with Crippen molar-refractivity contribution in [1.29, 1.82) is 0 Å². The van der Waals surface area contributed by atoms with Crippen molar-refractivity contribution in [1.82, 2.24) is 0 Å². The molecule has 0 aromatic heterocycles. The van der Waals surface area contributed by atoms with Crippen LogP contribution in [0.4, 0.5) is 13.2 Å². The Kier molecular flexibility index (Phi) is 7.15. The quantitative estimate of drug-likeness (QED) is 0.301. The lowest BCUT2D eigenvalue weighted by atomic mass is 9.97. The summed E-state index contributed by atoms with van der Waals surface area (Å²) in [5.74, 6) is -8.88. The first-order valence-corrected chi connectivity index (χ1v) is 8.97. The summed E-state index contributed by atoms with van der Waals surface area (Å²) in [6.45, 7) is 1.33. The highest BCUT2D eigenvalue weighted by atomic mass is 35.5. The number of thioether (sulfide) groups is 1. The molecule has 0 saturated heterocycles. The largest absolute Gasteiger partial charge is 0.481 e. The van der Waals surface area contributed by atoms with Crippen LogP contribution in [0.1, 0.15) is 17.7 Å². The van der Waals surface area contributed by atoms with Gasteiger partial charge in [0.05, 0.1) is 11.9 Å². The van der Waals surface area contributed by atoms with Crippen LogP contribution in [0, 0.1) is 23.4 Å². The minimum Gasteiger partial charge on any atom is -0.481 e. The molecule has 0 bridgehead atoms. The zero-order valence-corrected chi connectivity index (χ0v) is 15.5. The predicted molar refractivity (Wildman–Crippen MR) is 94.1 cm³/mol. The van der Waals surface area contributed by atoms with Crippen molar-refractivity contribution >= 4 is 35.3 Å². The summed E-state index contributed by atoms with van der Waals surface area (Å²) < 4.78 is 47.1. The van der Waals surface area contributed by atoms with Gasteiger partial charge >= 0.3 is 11.9 Å². The molecule has 9 heteroatoms. The Bertz CT molecular complexity index is 845. The Morgan fingerprint density at radius 3 is 2.26 bits per heavy atom. The molecule has 0 fully saturated rings. The number of hydrogen-bond acceptors (Lipinski definition) is 4. The molecule has 0 aliphatic rings. The summed E-state index contributed by atoms with van der Waals surface area (Å²) in [4.78, 5) is 24.3. The number of rotatable bonds is 7. The monoisotopic (exact) mass is 418 g/mol. The van der Waals surface area contributed by atoms with Crippen LogP contribution in [-0.2, 0) is 14.3 Å². The average Bonchev–Trinajstić information content (AvgIpc) is 2.60. The van der Waals surface area contributed by atoms with Gasteiger partial charge in [-0.1, -0.05) is 11.6 Å². The Morgan fingerprint density at radius 2 is 1.70 bits per heavy atom. The van der Waals surface area contributed by atoms with E-state index in [9.17, 15) is 27.9 Å². The number of carboxylic acid groups (broad SMARTS) is 1. The molecule has 0 spiro atoms. The van der Waals surface area contributed by atoms with Crippen LogP contribution in [-0.4, -0.2) is 23.7 Å². The van der Waals surface area contributed by atoms with Crippen molar-refractivity contribution in [3.05, 3.63) is 64.4 Å². The molecule has 2 rings (SSSR count). The zero-order valence-electron chi connectivity index (χ0n) is 13.9. The first-order chi connectivity index (χ1) is 12.8. The van der Waals surface area contributed by atoms with Crippen molar-refractivity contribution in [2.75, 3.05) is 6.61 Å². The van der Waals surface area contributed by atoms with Crippen LogP contribution in [0.25, 0.3) is 0 Å². The van der Waals surface area contributed by atoms with Crippen molar-refractivity contribution < 1.29 is 32.6 Å². The van der Waals surface area contributed by atoms with Crippen LogP contribution in [0.5, 0.6) is 0 Å². The summed E-state index contributed by atoms with van der Waals surface area (Å²) in [7, 11) is 0. The van der Waals surface area contributed by atoms with E-state index < -0.39 is 46.1 Å². The number of aliphatic carboxylic acids is 1. The van der Waals surface area contributed by atoms with Crippen LogP contribution in [0.3, 0.4) is 0 Å². The number of carbonyl (C=O) groups is 2. The minimum absolute atomic E-state index is 0.130. The number of carboxylic acids is 1. The number of carbonyl (C=O) groups excluding carboxylic acids is 1. The third-order valence-electron chi connectivity index (χ3n) is 3.55. The van der Waals surface area contributed by atoms with E-state index in [-0.39, 0.29) is 6.61 Å². The van der Waals surface area contributed by atoms with Crippen LogP contribution >= 0.6 is 23.4 Å². The topological polar surface area (TPSA) is 63.6 Å². The van der Waals surface area contributed by atoms with Gasteiger partial charge in [0.15, 0.2) is 17.6 Å². The molecule has 2 aromatic rings.